The fourth-order valence-electron chi connectivity index (χ4n) is 8.79. The van der Waals surface area contributed by atoms with E-state index in [0.29, 0.717) is 272 Å². The standard InChI is InChI=1S/C81H120O27/c1-82-25-31-88-37-43-94-49-52-100-64-79(103-58-55-97-46-40-91-34-28-85-4)67-106-76-19-13-70(14-20-76)7-10-73-61-74(11-8-71-15-21-77(22-16-71)107-68-80(104-59-56-98-47-41-92-35-29-86-5)65-101-53-50-95-44-38-89-32-26-83-2)63-75(62-73)12-9-72-17-23-78(24-18-72)108-69-81(105-60-57-99-48-42-93-36-30-87-6)66-102-54-51-96-45-39-90-33-27-84-3/h13-24,61-63,79-81H,25-60,64-69H2,1-6H3. The highest BCUT2D eigenvalue weighted by molar-refractivity contribution is 5.56. The molecule has 4 aromatic carbocycles. The Morgan fingerprint density at radius 2 is 0.352 bits per heavy atom. The zero-order valence-electron chi connectivity index (χ0n) is 64.6. The molecule has 0 bridgehead atoms. The van der Waals surface area contributed by atoms with E-state index in [-0.39, 0.29) is 58.0 Å². The molecule has 4 aromatic rings. The normalized spacial score (nSPS) is 12.1. The van der Waals surface area contributed by atoms with Crippen LogP contribution in [0.25, 0.3) is 0 Å². The van der Waals surface area contributed by atoms with Gasteiger partial charge in [0.25, 0.3) is 0 Å². The van der Waals surface area contributed by atoms with Gasteiger partial charge in [0.15, 0.2) is 0 Å². The van der Waals surface area contributed by atoms with Crippen molar-refractivity contribution in [1.29, 1.82) is 0 Å². The molecule has 0 N–H and O–H groups in total. The van der Waals surface area contributed by atoms with Crippen LogP contribution >= 0.6 is 0 Å². The lowest BCUT2D eigenvalue weighted by molar-refractivity contribution is -0.0674. The summed E-state index contributed by atoms with van der Waals surface area (Å²) in [6.07, 6.45) is -1.15. The topological polar surface area (TPSA) is 249 Å². The summed E-state index contributed by atoms with van der Waals surface area (Å²) in [5.41, 5.74) is 4.46. The maximum atomic E-state index is 6.23. The van der Waals surface area contributed by atoms with Crippen LogP contribution in [-0.4, -0.2) is 338 Å². The van der Waals surface area contributed by atoms with Gasteiger partial charge in [-0.05, 0) is 91.0 Å². The van der Waals surface area contributed by atoms with Crippen LogP contribution in [0.1, 0.15) is 33.4 Å². The summed E-state index contributed by atoms with van der Waals surface area (Å²) in [4.78, 5) is 0. The quantitative estimate of drug-likeness (QED) is 0.0347. The summed E-state index contributed by atoms with van der Waals surface area (Å²) < 4.78 is 152. The molecule has 0 fully saturated rings. The molecule has 0 aliphatic carbocycles. The lowest BCUT2D eigenvalue weighted by Gasteiger charge is -2.19. The molecule has 0 aromatic heterocycles. The first kappa shape index (κ1) is 94.4. The van der Waals surface area contributed by atoms with Crippen molar-refractivity contribution in [2.75, 3.05) is 320 Å². The van der Waals surface area contributed by atoms with Gasteiger partial charge in [-0.2, -0.15) is 0 Å². The van der Waals surface area contributed by atoms with Crippen molar-refractivity contribution in [1.82, 2.24) is 0 Å². The summed E-state index contributed by atoms with van der Waals surface area (Å²) in [5.74, 6) is 21.9. The van der Waals surface area contributed by atoms with Gasteiger partial charge in [0, 0.05) is 76.0 Å². The molecule has 108 heavy (non-hydrogen) atoms. The van der Waals surface area contributed by atoms with Crippen molar-refractivity contribution in [3.63, 3.8) is 0 Å². The van der Waals surface area contributed by atoms with Crippen LogP contribution in [0, 0.1) is 35.5 Å². The van der Waals surface area contributed by atoms with Crippen molar-refractivity contribution in [3.05, 3.63) is 124 Å². The Hall–Kier alpha value is -6.00. The molecule has 606 valence electrons. The lowest BCUT2D eigenvalue weighted by atomic mass is 10.0. The van der Waals surface area contributed by atoms with Gasteiger partial charge in [-0.25, -0.2) is 0 Å². The van der Waals surface area contributed by atoms with E-state index >= 15 is 0 Å². The van der Waals surface area contributed by atoms with E-state index in [4.69, 9.17) is 128 Å². The molecular formula is C81H120O27. The van der Waals surface area contributed by atoms with Gasteiger partial charge in [0.1, 0.15) is 55.4 Å². The molecule has 3 unspecified atom stereocenters. The van der Waals surface area contributed by atoms with Gasteiger partial charge in [0.05, 0.1) is 258 Å². The van der Waals surface area contributed by atoms with E-state index in [1.54, 1.807) is 42.7 Å². The highest BCUT2D eigenvalue weighted by Gasteiger charge is 2.15. The lowest BCUT2D eigenvalue weighted by Crippen LogP contribution is -2.29. The molecule has 27 heteroatoms. The second-order valence-electron chi connectivity index (χ2n) is 23.1. The largest absolute Gasteiger partial charge is 0.491 e. The SMILES string of the molecule is COCCOCCOCCOCC(COc1ccc(C#Cc2cc(C#Cc3ccc(OCC(COCCOCCOCCOC)OCCOCCOCCOC)cc3)cc(C#Cc3ccc(OCC(COCCOCCOCCOC)OCCOCCOCCOC)cc3)c2)cc1)OCCOCCOCCOC. The predicted molar refractivity (Wildman–Crippen MR) is 403 cm³/mol. The Kier molecular flexibility index (Phi) is 61.3. The molecular weight excluding hydrogens is 1400 g/mol. The first-order chi connectivity index (χ1) is 53.4. The molecule has 0 saturated carbocycles. The summed E-state index contributed by atoms with van der Waals surface area (Å²) in [7, 11) is 9.82. The smallest absolute Gasteiger partial charge is 0.119 e. The summed E-state index contributed by atoms with van der Waals surface area (Å²) in [6, 6.07) is 28.5. The van der Waals surface area contributed by atoms with Crippen LogP contribution in [0.4, 0.5) is 0 Å². The third kappa shape index (κ3) is 53.8. The maximum absolute atomic E-state index is 6.23. The van der Waals surface area contributed by atoms with Crippen molar-refractivity contribution in [2.24, 2.45) is 0 Å². The van der Waals surface area contributed by atoms with Gasteiger partial charge in [0.2, 0.25) is 0 Å². The summed E-state index contributed by atoms with van der Waals surface area (Å²) >= 11 is 0. The van der Waals surface area contributed by atoms with Crippen LogP contribution < -0.4 is 14.2 Å². The van der Waals surface area contributed by atoms with E-state index in [9.17, 15) is 0 Å². The van der Waals surface area contributed by atoms with Gasteiger partial charge in [-0.3, -0.25) is 0 Å². The van der Waals surface area contributed by atoms with Crippen LogP contribution in [0.3, 0.4) is 0 Å². The van der Waals surface area contributed by atoms with Gasteiger partial charge < -0.3 is 128 Å². The van der Waals surface area contributed by atoms with E-state index in [1.807, 2.05) is 91.0 Å². The van der Waals surface area contributed by atoms with Gasteiger partial charge >= 0.3 is 0 Å². The van der Waals surface area contributed by atoms with E-state index in [2.05, 4.69) is 35.5 Å². The Morgan fingerprint density at radius 1 is 0.185 bits per heavy atom. The van der Waals surface area contributed by atoms with Crippen LogP contribution in [0.2, 0.25) is 0 Å². The summed E-state index contributed by atoms with van der Waals surface area (Å²) in [5, 5.41) is 0. The zero-order valence-corrected chi connectivity index (χ0v) is 64.6. The number of ether oxygens (including phenoxy) is 27. The molecule has 0 spiro atoms. The minimum atomic E-state index is -0.384. The number of benzene rings is 4. The molecule has 27 nitrogen and oxygen atoms in total. The third-order valence-electron chi connectivity index (χ3n) is 14.5. The minimum Gasteiger partial charge on any atom is -0.491 e. The first-order valence-electron chi connectivity index (χ1n) is 36.8. The maximum Gasteiger partial charge on any atom is 0.119 e. The fourth-order valence-corrected chi connectivity index (χ4v) is 8.79. The molecule has 3 atom stereocenters. The van der Waals surface area contributed by atoms with E-state index in [0.717, 1.165) is 16.7 Å². The Bertz CT molecular complexity index is 2570. The Balaban J connectivity index is 1.49. The number of methoxy groups -OCH3 is 6. The van der Waals surface area contributed by atoms with Crippen molar-refractivity contribution < 1.29 is 128 Å². The number of rotatable bonds is 72. The molecule has 0 aliphatic rings. The third-order valence-corrected chi connectivity index (χ3v) is 14.5. The Morgan fingerprint density at radius 3 is 0.546 bits per heavy atom. The average Bonchev–Trinajstić information content (AvgIpc) is 0.851. The predicted octanol–water partition coefficient (Wildman–Crippen LogP) is 6.31. The van der Waals surface area contributed by atoms with Gasteiger partial charge in [-0.1, -0.05) is 35.5 Å². The molecule has 0 radical (unpaired) electrons. The second-order valence-corrected chi connectivity index (χ2v) is 23.1. The van der Waals surface area contributed by atoms with Crippen LogP contribution in [0.5, 0.6) is 17.2 Å². The molecule has 0 heterocycles. The fraction of sp³-hybridized carbons (Fsp3) is 0.630. The highest BCUT2D eigenvalue weighted by Crippen LogP contribution is 2.18. The van der Waals surface area contributed by atoms with Crippen molar-refractivity contribution in [3.8, 4) is 52.8 Å². The van der Waals surface area contributed by atoms with E-state index in [1.165, 1.54) is 0 Å². The Labute approximate surface area is 640 Å². The molecule has 4 rings (SSSR count). The molecule has 0 aliphatic heterocycles. The van der Waals surface area contributed by atoms with E-state index < -0.39 is 0 Å². The number of hydrogen-bond acceptors (Lipinski definition) is 27. The van der Waals surface area contributed by atoms with Crippen molar-refractivity contribution in [2.45, 2.75) is 18.3 Å². The average molecular weight is 1530 g/mol. The molecule has 0 amide bonds. The second kappa shape index (κ2) is 70.1. The van der Waals surface area contributed by atoms with Crippen LogP contribution in [-0.2, 0) is 114 Å². The van der Waals surface area contributed by atoms with Crippen molar-refractivity contribution >= 4 is 0 Å². The summed E-state index contributed by atoms with van der Waals surface area (Å²) in [6.45, 7) is 17.8. The number of hydrogen-bond donors (Lipinski definition) is 0. The zero-order chi connectivity index (χ0) is 76.6. The van der Waals surface area contributed by atoms with Gasteiger partial charge in [-0.15, -0.1) is 0 Å². The molecule has 0 saturated heterocycles. The van der Waals surface area contributed by atoms with Crippen LogP contribution in [0.15, 0.2) is 91.0 Å². The first-order valence-corrected chi connectivity index (χ1v) is 36.8. The minimum absolute atomic E-state index is 0.233. The highest BCUT2D eigenvalue weighted by atomic mass is 16.6. The monoisotopic (exact) mass is 1520 g/mol.